The lowest BCUT2D eigenvalue weighted by Crippen LogP contribution is -2.46. The largest absolute Gasteiger partial charge is 0.507 e. The van der Waals surface area contributed by atoms with Gasteiger partial charge in [-0.1, -0.05) is 73.5 Å². The van der Waals surface area contributed by atoms with Gasteiger partial charge in [-0.15, -0.1) is 0 Å². The Balaban J connectivity index is 1.31. The molecule has 0 bridgehead atoms. The number of aromatic hydroxyl groups is 1. The first-order chi connectivity index (χ1) is 20.9. The summed E-state index contributed by atoms with van der Waals surface area (Å²) in [6.07, 6.45) is 5.82. The molecular weight excluding hydrogens is 541 g/mol. The van der Waals surface area contributed by atoms with Gasteiger partial charge in [0.25, 0.3) is 0 Å². The molecule has 2 saturated heterocycles. The SMILES string of the molecule is CCC/C(=C\c1ccc(O)c2ccccc12)CC[C@H]1OB(O)C[C@H]2C1=C(COC)C[C@H]1C(=O)N(c3ccccc3)C(=O)[C@H]12. The fourth-order valence-electron chi connectivity index (χ4n) is 7.46. The summed E-state index contributed by atoms with van der Waals surface area (Å²) < 4.78 is 11.8. The summed E-state index contributed by atoms with van der Waals surface area (Å²) in [5.74, 6) is -1.41. The number of amides is 2. The van der Waals surface area contributed by atoms with E-state index in [0.717, 1.165) is 46.7 Å². The Labute approximate surface area is 252 Å². The Morgan fingerprint density at radius 3 is 2.49 bits per heavy atom. The number of rotatable bonds is 9. The second-order valence-electron chi connectivity index (χ2n) is 11.9. The highest BCUT2D eigenvalue weighted by Crippen LogP contribution is 2.51. The number of anilines is 1. The van der Waals surface area contributed by atoms with Crippen LogP contribution in [0.2, 0.25) is 6.32 Å². The lowest BCUT2D eigenvalue weighted by molar-refractivity contribution is -0.122. The van der Waals surface area contributed by atoms with Crippen molar-refractivity contribution in [3.8, 4) is 5.75 Å². The predicted molar refractivity (Wildman–Crippen MR) is 168 cm³/mol. The maximum Gasteiger partial charge on any atom is 0.455 e. The highest BCUT2D eigenvalue weighted by Gasteiger charge is 2.57. The third kappa shape index (κ3) is 5.55. The highest BCUT2D eigenvalue weighted by molar-refractivity contribution is 6.43. The van der Waals surface area contributed by atoms with Crippen LogP contribution in [0.15, 0.2) is 83.4 Å². The van der Waals surface area contributed by atoms with E-state index in [0.29, 0.717) is 25.1 Å². The summed E-state index contributed by atoms with van der Waals surface area (Å²) in [4.78, 5) is 28.8. The predicted octanol–water partition coefficient (Wildman–Crippen LogP) is 6.16. The molecular formula is C35H38BNO6. The molecule has 0 saturated carbocycles. The minimum absolute atomic E-state index is 0.180. The zero-order chi connectivity index (χ0) is 30.1. The van der Waals surface area contributed by atoms with Crippen LogP contribution in [0, 0.1) is 17.8 Å². The fraction of sp³-hybridized carbons (Fsp3) is 0.371. The van der Waals surface area contributed by atoms with Gasteiger partial charge in [0.15, 0.2) is 0 Å². The number of phenols is 1. The lowest BCUT2D eigenvalue weighted by atomic mass is 9.58. The molecule has 0 radical (unpaired) electrons. The summed E-state index contributed by atoms with van der Waals surface area (Å²) in [5, 5.41) is 23.1. The Hall–Kier alpha value is -3.72. The van der Waals surface area contributed by atoms with E-state index in [4.69, 9.17) is 9.39 Å². The van der Waals surface area contributed by atoms with Crippen molar-refractivity contribution in [1.29, 1.82) is 0 Å². The number of hydrogen-bond acceptors (Lipinski definition) is 6. The first-order valence-corrected chi connectivity index (χ1v) is 15.3. The molecule has 4 atom stereocenters. The molecule has 0 spiro atoms. The third-order valence-corrected chi connectivity index (χ3v) is 9.23. The van der Waals surface area contributed by atoms with Crippen molar-refractivity contribution in [3.63, 3.8) is 0 Å². The zero-order valence-corrected chi connectivity index (χ0v) is 24.7. The number of phenolic OH excluding ortho intramolecular Hbond substituents is 1. The molecule has 3 aromatic rings. The maximum absolute atomic E-state index is 13.9. The molecule has 7 nitrogen and oxygen atoms in total. The number of imide groups is 1. The number of para-hydroxylation sites is 1. The molecule has 8 heteroatoms. The maximum atomic E-state index is 13.9. The number of fused-ring (bicyclic) bond motifs is 4. The van der Waals surface area contributed by atoms with Gasteiger partial charge in [-0.25, -0.2) is 0 Å². The van der Waals surface area contributed by atoms with Crippen molar-refractivity contribution in [1.82, 2.24) is 0 Å². The van der Waals surface area contributed by atoms with Crippen molar-refractivity contribution >= 4 is 41.5 Å². The van der Waals surface area contributed by atoms with Crippen LogP contribution in [0.1, 0.15) is 44.6 Å². The van der Waals surface area contributed by atoms with E-state index < -0.39 is 19.0 Å². The Bertz CT molecular complexity index is 1580. The van der Waals surface area contributed by atoms with Crippen LogP contribution in [0.5, 0.6) is 5.75 Å². The molecule has 3 aliphatic rings. The van der Waals surface area contributed by atoms with Gasteiger partial charge in [0.2, 0.25) is 11.8 Å². The van der Waals surface area contributed by atoms with Crippen LogP contribution in [-0.2, 0) is 19.0 Å². The van der Waals surface area contributed by atoms with E-state index >= 15 is 0 Å². The molecule has 6 rings (SSSR count). The van der Waals surface area contributed by atoms with Crippen molar-refractivity contribution in [2.75, 3.05) is 18.6 Å². The van der Waals surface area contributed by atoms with E-state index in [9.17, 15) is 19.7 Å². The van der Waals surface area contributed by atoms with Crippen molar-refractivity contribution < 1.29 is 29.1 Å². The van der Waals surface area contributed by atoms with Gasteiger partial charge in [-0.05, 0) is 78.2 Å². The molecule has 222 valence electrons. The molecule has 0 aromatic heterocycles. The van der Waals surface area contributed by atoms with Crippen LogP contribution in [0.3, 0.4) is 0 Å². The van der Waals surface area contributed by atoms with E-state index in [1.54, 1.807) is 25.3 Å². The van der Waals surface area contributed by atoms with E-state index in [2.05, 4.69) is 13.0 Å². The van der Waals surface area contributed by atoms with Crippen molar-refractivity contribution in [3.05, 3.63) is 89.0 Å². The number of nitrogens with zero attached hydrogens (tertiary/aromatic N) is 1. The highest BCUT2D eigenvalue weighted by atomic mass is 16.5. The molecule has 2 heterocycles. The number of methoxy groups -OCH3 is 1. The second-order valence-corrected chi connectivity index (χ2v) is 11.9. The number of benzene rings is 3. The summed E-state index contributed by atoms with van der Waals surface area (Å²) in [5.41, 5.74) is 4.92. The standard InChI is InChI=1S/C35H38BNO6/c1-3-9-22(18-23-15-16-30(38)27-13-8-7-12-26(23)27)14-17-31-32-24(21-42-2)19-28-33(29(32)20-36(41)43-31)35(40)37(34(28)39)25-10-5-4-6-11-25/h4-8,10-13,15-16,18,28-29,31,33,38,41H,3,9,14,17,19-21H2,1-2H3/b22-18+/t28-,29+,31-,33-/m1/s1. The van der Waals surface area contributed by atoms with Crippen LogP contribution in [-0.4, -0.2) is 48.9 Å². The van der Waals surface area contributed by atoms with Gasteiger partial charge in [-0.3, -0.25) is 14.5 Å². The monoisotopic (exact) mass is 579 g/mol. The summed E-state index contributed by atoms with van der Waals surface area (Å²) >= 11 is 0. The van der Waals surface area contributed by atoms with Gasteiger partial charge in [-0.2, -0.15) is 0 Å². The number of allylic oxidation sites excluding steroid dienone is 1. The molecule has 2 N–H and O–H groups in total. The lowest BCUT2D eigenvalue weighted by Gasteiger charge is -2.43. The second kappa shape index (κ2) is 12.5. The van der Waals surface area contributed by atoms with Gasteiger partial charge >= 0.3 is 7.12 Å². The van der Waals surface area contributed by atoms with E-state index in [1.807, 2.05) is 48.5 Å². The van der Waals surface area contributed by atoms with Crippen LogP contribution >= 0.6 is 0 Å². The fourth-order valence-corrected chi connectivity index (χ4v) is 7.46. The first-order valence-electron chi connectivity index (χ1n) is 15.3. The molecule has 2 amide bonds. The first kappa shape index (κ1) is 29.4. The normalized spacial score (nSPS) is 24.1. The smallest absolute Gasteiger partial charge is 0.455 e. The van der Waals surface area contributed by atoms with Gasteiger partial charge < -0.3 is 19.5 Å². The Morgan fingerprint density at radius 2 is 1.74 bits per heavy atom. The van der Waals surface area contributed by atoms with Crippen LogP contribution < -0.4 is 4.90 Å². The average molecular weight is 580 g/mol. The van der Waals surface area contributed by atoms with Crippen molar-refractivity contribution in [2.24, 2.45) is 17.8 Å². The number of carbonyl (C=O) groups excluding carboxylic acids is 2. The minimum Gasteiger partial charge on any atom is -0.507 e. The number of carbonyl (C=O) groups is 2. The summed E-state index contributed by atoms with van der Waals surface area (Å²) in [7, 11) is 0.624. The van der Waals surface area contributed by atoms with Gasteiger partial charge in [0.1, 0.15) is 5.75 Å². The van der Waals surface area contributed by atoms with E-state index in [1.165, 1.54) is 10.5 Å². The molecule has 2 aliphatic heterocycles. The molecule has 3 aromatic carbocycles. The average Bonchev–Trinajstić information content (AvgIpc) is 3.26. The number of ether oxygens (including phenoxy) is 1. The minimum atomic E-state index is -1.02. The molecule has 43 heavy (non-hydrogen) atoms. The van der Waals surface area contributed by atoms with Crippen molar-refractivity contribution in [2.45, 2.75) is 51.5 Å². The van der Waals surface area contributed by atoms with Gasteiger partial charge in [0, 0.05) is 12.5 Å². The number of hydrogen-bond donors (Lipinski definition) is 2. The third-order valence-electron chi connectivity index (χ3n) is 9.23. The van der Waals surface area contributed by atoms with Gasteiger partial charge in [0.05, 0.1) is 30.2 Å². The topological polar surface area (TPSA) is 96.3 Å². The molecule has 1 aliphatic carbocycles. The quantitative estimate of drug-likeness (QED) is 0.179. The Kier molecular flexibility index (Phi) is 8.53. The molecule has 0 unspecified atom stereocenters. The van der Waals surface area contributed by atoms with Crippen LogP contribution in [0.4, 0.5) is 5.69 Å². The summed E-state index contributed by atoms with van der Waals surface area (Å²) in [6, 6.07) is 20.6. The van der Waals surface area contributed by atoms with Crippen LogP contribution in [0.25, 0.3) is 16.8 Å². The molecule has 2 fully saturated rings. The Morgan fingerprint density at radius 1 is 1.00 bits per heavy atom. The summed E-state index contributed by atoms with van der Waals surface area (Å²) in [6.45, 7) is 2.51. The zero-order valence-electron chi connectivity index (χ0n) is 24.7. The van der Waals surface area contributed by atoms with E-state index in [-0.39, 0.29) is 35.9 Å².